The predicted molar refractivity (Wildman–Crippen MR) is 283 cm³/mol. The molecule has 9 rings (SSSR count). The Bertz CT molecular complexity index is 3030. The van der Waals surface area contributed by atoms with Gasteiger partial charge in [0.05, 0.1) is 43.7 Å². The van der Waals surface area contributed by atoms with Gasteiger partial charge >= 0.3 is 12.1 Å². The molecular weight excluding hydrogens is 971 g/mol. The van der Waals surface area contributed by atoms with Crippen LogP contribution in [0.25, 0.3) is 32.6 Å². The lowest BCUT2D eigenvalue weighted by Gasteiger charge is -2.48. The van der Waals surface area contributed by atoms with E-state index in [0.717, 1.165) is 82.8 Å². The van der Waals surface area contributed by atoms with Crippen molar-refractivity contribution in [2.24, 2.45) is 0 Å². The summed E-state index contributed by atoms with van der Waals surface area (Å²) < 4.78 is 35.6. The minimum absolute atomic E-state index is 0.0440. The molecule has 16 nitrogen and oxygen atoms in total. The van der Waals surface area contributed by atoms with Crippen LogP contribution in [0.5, 0.6) is 23.0 Å². The zero-order valence-corrected chi connectivity index (χ0v) is 43.4. The van der Waals surface area contributed by atoms with E-state index in [9.17, 15) is 24.3 Å². The average molecular weight is 1030 g/mol. The molecule has 73 heavy (non-hydrogen) atoms. The first-order chi connectivity index (χ1) is 35.5. The Morgan fingerprint density at radius 2 is 1.67 bits per heavy atom. The normalized spacial score (nSPS) is 17.2. The average Bonchev–Trinajstić information content (AvgIpc) is 3.86. The number of benzene rings is 4. The predicted octanol–water partition coefficient (Wildman–Crippen LogP) is 8.72. The quantitative estimate of drug-likeness (QED) is 0.0302. The van der Waals surface area contributed by atoms with Crippen molar-refractivity contribution in [2.75, 3.05) is 53.4 Å². The summed E-state index contributed by atoms with van der Waals surface area (Å²) in [5.74, 6) is 2.86. The monoisotopic (exact) mass is 1030 g/mol. The third-order valence-corrected chi connectivity index (χ3v) is 16.6. The van der Waals surface area contributed by atoms with Gasteiger partial charge in [0.2, 0.25) is 12.7 Å². The molecule has 0 radical (unpaired) electrons. The molecule has 0 spiro atoms. The van der Waals surface area contributed by atoms with Crippen LogP contribution >= 0.6 is 21.6 Å². The SMILES string of the molecule is COc1ccc(CO)c(CC(=O)OC2CC3CCCC(C2)N3CCCCNC(=O)CCSSc2ccc(COC(=O)N(C)CCn3c(=O)c4cc(OC)c(C)cc4c4cnc5cc6c(cc5c43)OCO6)cc2)c1. The molecule has 2 aromatic heterocycles. The highest BCUT2D eigenvalue weighted by Crippen LogP contribution is 2.40. The highest BCUT2D eigenvalue weighted by molar-refractivity contribution is 8.76. The van der Waals surface area contributed by atoms with Crippen LogP contribution in [0.2, 0.25) is 0 Å². The standard InChI is InChI=1S/C55H63N5O11S2/c1-34-22-43-44(27-48(34)67-4)54(64)60(53-45-28-49-50(70-33-69-49)29-47(45)57-30-46(43)53)20-19-58(2)55(65)68-32-35-10-14-42(15-11-35)73-72-21-16-51(62)56-17-5-6-18-59-38-8-7-9-39(59)26-41(25-38)71-52(63)24-37-23-40(66-3)13-12-36(37)31-61/h10-15,22-23,27-30,38-39,41,61H,5-9,16-21,24-26,31-33H2,1-4H3,(H,56,62). The number of pyridine rings is 2. The van der Waals surface area contributed by atoms with Crippen molar-refractivity contribution in [3.8, 4) is 23.0 Å². The van der Waals surface area contributed by atoms with Gasteiger partial charge in [0, 0.05) is 91.7 Å². The molecule has 386 valence electrons. The van der Waals surface area contributed by atoms with Gasteiger partial charge in [-0.15, -0.1) is 0 Å². The Balaban J connectivity index is 0.677. The number of likely N-dealkylation sites (N-methyl/N-ethyl adjacent to an activating group) is 1. The minimum Gasteiger partial charge on any atom is -0.497 e. The van der Waals surface area contributed by atoms with Gasteiger partial charge in [-0.25, -0.2) is 4.79 Å². The number of amides is 2. The van der Waals surface area contributed by atoms with Crippen molar-refractivity contribution in [1.29, 1.82) is 0 Å². The van der Waals surface area contributed by atoms with Crippen molar-refractivity contribution in [2.45, 2.75) is 108 Å². The van der Waals surface area contributed by atoms with Gasteiger partial charge in [0.25, 0.3) is 5.56 Å². The number of ether oxygens (including phenoxy) is 6. The molecule has 2 bridgehead atoms. The molecule has 2 amide bonds. The van der Waals surface area contributed by atoms with E-state index in [1.54, 1.807) is 77.9 Å². The summed E-state index contributed by atoms with van der Waals surface area (Å²) >= 11 is 0. The fourth-order valence-electron chi connectivity index (χ4n) is 10.4. The summed E-state index contributed by atoms with van der Waals surface area (Å²) in [5, 5.41) is 15.6. The van der Waals surface area contributed by atoms with E-state index in [1.807, 2.05) is 49.4 Å². The number of carbonyl (C=O) groups excluding carboxylic acids is 3. The van der Waals surface area contributed by atoms with Crippen LogP contribution < -0.4 is 29.8 Å². The Kier molecular flexibility index (Phi) is 16.8. The van der Waals surface area contributed by atoms with E-state index in [4.69, 9.17) is 33.4 Å². The van der Waals surface area contributed by atoms with Crippen LogP contribution in [-0.2, 0) is 45.2 Å². The van der Waals surface area contributed by atoms with Crippen molar-refractivity contribution in [1.82, 2.24) is 24.7 Å². The smallest absolute Gasteiger partial charge is 0.409 e. The van der Waals surface area contributed by atoms with Gasteiger partial charge in [-0.3, -0.25) is 24.3 Å². The number of rotatable bonds is 21. The molecule has 5 heterocycles. The van der Waals surface area contributed by atoms with Gasteiger partial charge in [-0.05, 0) is 109 Å². The summed E-state index contributed by atoms with van der Waals surface area (Å²) in [6.45, 7) is 3.99. The molecule has 3 aliphatic heterocycles. The van der Waals surface area contributed by atoms with Crippen molar-refractivity contribution in [3.63, 3.8) is 0 Å². The summed E-state index contributed by atoms with van der Waals surface area (Å²) in [4.78, 5) is 63.0. The maximum atomic E-state index is 14.3. The van der Waals surface area contributed by atoms with E-state index in [1.165, 1.54) is 11.3 Å². The van der Waals surface area contributed by atoms with Gasteiger partial charge < -0.3 is 48.3 Å². The van der Waals surface area contributed by atoms with E-state index in [0.29, 0.717) is 75.8 Å². The number of nitrogens with zero attached hydrogens (tertiary/aromatic N) is 4. The largest absolute Gasteiger partial charge is 0.497 e. The molecule has 18 heteroatoms. The number of fused-ring (bicyclic) bond motifs is 8. The van der Waals surface area contributed by atoms with Gasteiger partial charge in [0.1, 0.15) is 24.2 Å². The Labute approximate surface area is 432 Å². The second kappa shape index (κ2) is 23.8. The molecule has 2 unspecified atom stereocenters. The number of methoxy groups -OCH3 is 2. The number of aromatic nitrogens is 2. The Hall–Kier alpha value is -6.21. The maximum Gasteiger partial charge on any atom is 0.409 e. The van der Waals surface area contributed by atoms with E-state index in [-0.39, 0.29) is 63.1 Å². The fraction of sp³-hybridized carbons (Fsp3) is 0.436. The number of piperidine rings is 2. The van der Waals surface area contributed by atoms with E-state index < -0.39 is 6.09 Å². The van der Waals surface area contributed by atoms with E-state index in [2.05, 4.69) is 10.2 Å². The van der Waals surface area contributed by atoms with Crippen LogP contribution in [0.3, 0.4) is 0 Å². The third-order valence-electron chi connectivity index (χ3n) is 14.2. The van der Waals surface area contributed by atoms with Gasteiger partial charge in [-0.1, -0.05) is 46.2 Å². The Morgan fingerprint density at radius 3 is 2.42 bits per heavy atom. The number of carbonyl (C=O) groups is 3. The molecule has 2 fully saturated rings. The molecule has 2 N–H and O–H groups in total. The van der Waals surface area contributed by atoms with Crippen molar-refractivity contribution < 1.29 is 47.9 Å². The number of aliphatic hydroxyl groups is 1. The Morgan fingerprint density at radius 1 is 0.890 bits per heavy atom. The summed E-state index contributed by atoms with van der Waals surface area (Å²) in [7, 11) is 8.03. The molecular formula is C55H63N5O11S2. The number of aryl methyl sites for hydroxylation is 1. The topological polar surface area (TPSA) is 180 Å². The number of hydrogen-bond acceptors (Lipinski definition) is 15. The first kappa shape index (κ1) is 51.7. The van der Waals surface area contributed by atoms with E-state index >= 15 is 0 Å². The molecule has 6 aromatic rings. The zero-order chi connectivity index (χ0) is 51.0. The minimum atomic E-state index is -0.515. The zero-order valence-electron chi connectivity index (χ0n) is 41.8. The molecule has 3 aliphatic rings. The first-order valence-corrected chi connectivity index (χ1v) is 27.3. The van der Waals surface area contributed by atoms with Gasteiger partial charge in [0.15, 0.2) is 11.5 Å². The van der Waals surface area contributed by atoms with Crippen LogP contribution in [0.15, 0.2) is 82.6 Å². The maximum absolute atomic E-state index is 14.3. The number of unbranched alkanes of at least 4 members (excludes halogenated alkanes) is 1. The fourth-order valence-corrected chi connectivity index (χ4v) is 12.3. The molecule has 0 saturated carbocycles. The highest BCUT2D eigenvalue weighted by atomic mass is 33.1. The van der Waals surface area contributed by atoms with Crippen LogP contribution in [0.4, 0.5) is 4.79 Å². The molecule has 4 aromatic carbocycles. The lowest BCUT2D eigenvalue weighted by Crippen LogP contribution is -2.54. The first-order valence-electron chi connectivity index (χ1n) is 25.0. The molecule has 2 atom stereocenters. The second-order valence-electron chi connectivity index (χ2n) is 18.9. The number of esters is 1. The lowest BCUT2D eigenvalue weighted by molar-refractivity contribution is -0.154. The number of aliphatic hydroxyl groups excluding tert-OH is 1. The summed E-state index contributed by atoms with van der Waals surface area (Å²) in [6, 6.07) is 21.3. The number of hydrogen-bond donors (Lipinski definition) is 2. The second-order valence-corrected chi connectivity index (χ2v) is 21.4. The third kappa shape index (κ3) is 12.1. The molecule has 0 aliphatic carbocycles. The summed E-state index contributed by atoms with van der Waals surface area (Å²) in [5.41, 5.74) is 4.28. The lowest BCUT2D eigenvalue weighted by atomic mass is 9.82. The molecule has 2 saturated heterocycles. The number of nitrogens with one attached hydrogen (secondary N) is 1. The van der Waals surface area contributed by atoms with Crippen LogP contribution in [0, 0.1) is 6.92 Å². The highest BCUT2D eigenvalue weighted by Gasteiger charge is 2.39. The summed E-state index contributed by atoms with van der Waals surface area (Å²) in [6.07, 6.45) is 8.63. The van der Waals surface area contributed by atoms with Crippen molar-refractivity contribution in [3.05, 3.63) is 106 Å². The van der Waals surface area contributed by atoms with Crippen LogP contribution in [-0.4, -0.2) is 114 Å². The van der Waals surface area contributed by atoms with Crippen LogP contribution in [0.1, 0.15) is 73.6 Å². The van der Waals surface area contributed by atoms with Crippen molar-refractivity contribution >= 4 is 72.1 Å². The van der Waals surface area contributed by atoms with Gasteiger partial charge in [-0.2, -0.15) is 0 Å².